The van der Waals surface area contributed by atoms with Gasteiger partial charge in [0.15, 0.2) is 11.6 Å². The Kier molecular flexibility index (Phi) is 7.91. The number of anilines is 2. The van der Waals surface area contributed by atoms with Crippen LogP contribution in [0, 0.1) is 17.0 Å². The minimum Gasteiger partial charge on any atom is -0.453 e. The van der Waals surface area contributed by atoms with Crippen LogP contribution in [-0.4, -0.2) is 44.3 Å². The van der Waals surface area contributed by atoms with Crippen molar-refractivity contribution in [3.8, 4) is 17.2 Å². The smallest absolute Gasteiger partial charge is 0.284 e. The molecule has 0 aliphatic rings. The van der Waals surface area contributed by atoms with Crippen molar-refractivity contribution in [2.75, 3.05) is 17.7 Å². The third kappa shape index (κ3) is 6.05. The molecule has 0 saturated carbocycles. The molecule has 39 heavy (non-hydrogen) atoms. The number of halogens is 2. The number of ether oxygens (including phenoxy) is 1. The van der Waals surface area contributed by atoms with Gasteiger partial charge >= 0.3 is 0 Å². The molecule has 2 aromatic heterocycles. The summed E-state index contributed by atoms with van der Waals surface area (Å²) in [5.74, 6) is -2.56. The van der Waals surface area contributed by atoms with E-state index < -0.39 is 29.1 Å². The second-order valence-electron chi connectivity index (χ2n) is 8.31. The van der Waals surface area contributed by atoms with Gasteiger partial charge in [-0.1, -0.05) is 0 Å². The SMILES string of the molecule is C[C@H](CO)NC(=N)c1c(Oc2ccc(NC(=O)c3ccnn(-c4ccc(F)cc4)c3=O)cc2F)ccnc1N. The minimum absolute atomic E-state index is 0.0371. The molecule has 0 spiro atoms. The van der Waals surface area contributed by atoms with Crippen LogP contribution in [0.15, 0.2) is 71.8 Å². The number of carbonyl (C=O) groups is 1. The lowest BCUT2D eigenvalue weighted by atomic mass is 10.2. The fraction of sp³-hybridized carbons (Fsp3) is 0.115. The second-order valence-corrected chi connectivity index (χ2v) is 8.31. The van der Waals surface area contributed by atoms with Gasteiger partial charge in [-0.15, -0.1) is 0 Å². The number of nitrogen functional groups attached to an aromatic ring is 1. The summed E-state index contributed by atoms with van der Waals surface area (Å²) in [4.78, 5) is 29.5. The first-order valence-corrected chi connectivity index (χ1v) is 11.5. The molecule has 200 valence electrons. The highest BCUT2D eigenvalue weighted by Crippen LogP contribution is 2.31. The number of amides is 1. The lowest BCUT2D eigenvalue weighted by molar-refractivity contribution is 0.102. The van der Waals surface area contributed by atoms with Crippen molar-refractivity contribution in [2.24, 2.45) is 0 Å². The van der Waals surface area contributed by atoms with Crippen molar-refractivity contribution in [2.45, 2.75) is 13.0 Å². The predicted octanol–water partition coefficient (Wildman–Crippen LogP) is 2.83. The Morgan fingerprint density at radius 1 is 1.13 bits per heavy atom. The summed E-state index contributed by atoms with van der Waals surface area (Å²) in [6.07, 6.45) is 2.57. The van der Waals surface area contributed by atoms with E-state index in [2.05, 4.69) is 20.7 Å². The van der Waals surface area contributed by atoms with Gasteiger partial charge in [-0.3, -0.25) is 15.0 Å². The maximum absolute atomic E-state index is 15.0. The van der Waals surface area contributed by atoms with E-state index in [1.54, 1.807) is 6.92 Å². The fourth-order valence-electron chi connectivity index (χ4n) is 3.49. The molecule has 1 amide bonds. The molecule has 0 fully saturated rings. The largest absolute Gasteiger partial charge is 0.453 e. The maximum atomic E-state index is 15.0. The van der Waals surface area contributed by atoms with Crippen molar-refractivity contribution in [3.63, 3.8) is 0 Å². The highest BCUT2D eigenvalue weighted by Gasteiger charge is 2.19. The lowest BCUT2D eigenvalue weighted by Gasteiger charge is -2.17. The quantitative estimate of drug-likeness (QED) is 0.170. The van der Waals surface area contributed by atoms with Crippen LogP contribution in [0.3, 0.4) is 0 Å². The first kappa shape index (κ1) is 26.9. The third-order valence-corrected chi connectivity index (χ3v) is 5.43. The van der Waals surface area contributed by atoms with Gasteiger partial charge in [-0.25, -0.2) is 13.8 Å². The van der Waals surface area contributed by atoms with E-state index in [1.807, 2.05) is 0 Å². The van der Waals surface area contributed by atoms with Gasteiger partial charge < -0.3 is 26.2 Å². The Hall–Kier alpha value is -5.17. The van der Waals surface area contributed by atoms with Crippen molar-refractivity contribution in [3.05, 3.63) is 100 Å². The third-order valence-electron chi connectivity index (χ3n) is 5.43. The molecule has 0 bridgehead atoms. The van der Waals surface area contributed by atoms with Gasteiger partial charge in [0.25, 0.3) is 11.5 Å². The summed E-state index contributed by atoms with van der Waals surface area (Å²) in [6.45, 7) is 1.42. The molecule has 0 aliphatic carbocycles. The number of benzene rings is 2. The maximum Gasteiger partial charge on any atom is 0.284 e. The predicted molar refractivity (Wildman–Crippen MR) is 139 cm³/mol. The minimum atomic E-state index is -0.851. The van der Waals surface area contributed by atoms with Gasteiger partial charge in [0.2, 0.25) is 0 Å². The molecular formula is C26H23F2N7O4. The zero-order chi connectivity index (χ0) is 28.1. The molecule has 0 radical (unpaired) electrons. The van der Waals surface area contributed by atoms with Crippen LogP contribution in [-0.2, 0) is 0 Å². The molecule has 6 N–H and O–H groups in total. The van der Waals surface area contributed by atoms with Crippen molar-refractivity contribution in [1.82, 2.24) is 20.1 Å². The summed E-state index contributed by atoms with van der Waals surface area (Å²) in [5.41, 5.74) is 5.26. The summed E-state index contributed by atoms with van der Waals surface area (Å²) in [5, 5.41) is 26.6. The molecule has 13 heteroatoms. The van der Waals surface area contributed by atoms with E-state index >= 15 is 0 Å². The summed E-state index contributed by atoms with van der Waals surface area (Å²) < 4.78 is 34.8. The molecule has 2 heterocycles. The van der Waals surface area contributed by atoms with Gasteiger partial charge in [0.1, 0.15) is 34.3 Å². The number of hydrogen-bond donors (Lipinski definition) is 5. The molecular weight excluding hydrogens is 512 g/mol. The molecule has 0 saturated heterocycles. The Morgan fingerprint density at radius 2 is 1.87 bits per heavy atom. The Morgan fingerprint density at radius 3 is 2.56 bits per heavy atom. The second kappa shape index (κ2) is 11.5. The molecule has 0 aliphatic heterocycles. The van der Waals surface area contributed by atoms with E-state index in [0.717, 1.165) is 22.9 Å². The van der Waals surface area contributed by atoms with Crippen LogP contribution in [0.1, 0.15) is 22.8 Å². The van der Waals surface area contributed by atoms with Crippen LogP contribution in [0.5, 0.6) is 11.5 Å². The van der Waals surface area contributed by atoms with Crippen LogP contribution in [0.25, 0.3) is 5.69 Å². The number of rotatable bonds is 8. The lowest BCUT2D eigenvalue weighted by Crippen LogP contribution is -2.35. The van der Waals surface area contributed by atoms with Gasteiger partial charge in [0, 0.05) is 36.3 Å². The van der Waals surface area contributed by atoms with E-state index in [4.69, 9.17) is 15.9 Å². The average molecular weight is 536 g/mol. The summed E-state index contributed by atoms with van der Waals surface area (Å²) >= 11 is 0. The topological polar surface area (TPSA) is 168 Å². The van der Waals surface area contributed by atoms with E-state index in [0.29, 0.717) is 0 Å². The van der Waals surface area contributed by atoms with Crippen molar-refractivity contribution < 1.29 is 23.4 Å². The number of nitrogens with two attached hydrogens (primary N) is 1. The zero-order valence-corrected chi connectivity index (χ0v) is 20.5. The summed E-state index contributed by atoms with van der Waals surface area (Å²) in [6, 6.07) is 10.7. The zero-order valence-electron chi connectivity index (χ0n) is 20.5. The number of nitrogens with zero attached hydrogens (tertiary/aromatic N) is 3. The van der Waals surface area contributed by atoms with Crippen LogP contribution >= 0.6 is 0 Å². The van der Waals surface area contributed by atoms with Gasteiger partial charge in [-0.05, 0) is 49.4 Å². The number of nitrogens with one attached hydrogen (secondary N) is 3. The Balaban J connectivity index is 1.54. The van der Waals surface area contributed by atoms with E-state index in [1.165, 1.54) is 48.8 Å². The van der Waals surface area contributed by atoms with E-state index in [-0.39, 0.29) is 52.3 Å². The number of pyridine rings is 1. The van der Waals surface area contributed by atoms with E-state index in [9.17, 15) is 23.5 Å². The standard InChI is InChI=1S/C26H23F2N7O4/c1-14(13-36)33-24(30)22-21(9-10-31-23(22)29)39-20-7-4-16(12-19(20)28)34-25(37)18-8-11-32-35(26(18)38)17-5-2-15(27)3-6-17/h2-12,14,36H,13H2,1H3,(H2,29,31)(H2,30,33)(H,34,37)/t14-/m1/s1. The number of amidine groups is 1. The number of aromatic nitrogens is 3. The highest BCUT2D eigenvalue weighted by molar-refractivity contribution is 6.04. The first-order valence-electron chi connectivity index (χ1n) is 11.5. The monoisotopic (exact) mass is 535 g/mol. The fourth-order valence-corrected chi connectivity index (χ4v) is 3.49. The van der Waals surface area contributed by atoms with Crippen molar-refractivity contribution in [1.29, 1.82) is 5.41 Å². The first-order chi connectivity index (χ1) is 18.7. The van der Waals surface area contributed by atoms with Crippen LogP contribution in [0.4, 0.5) is 20.3 Å². The number of hydrogen-bond acceptors (Lipinski definition) is 8. The van der Waals surface area contributed by atoms with Crippen molar-refractivity contribution >= 4 is 23.2 Å². The number of aliphatic hydroxyl groups excluding tert-OH is 1. The normalized spacial score (nSPS) is 11.5. The Bertz CT molecular complexity index is 1590. The number of aliphatic hydroxyl groups is 1. The van der Waals surface area contributed by atoms with Gasteiger partial charge in [-0.2, -0.15) is 9.78 Å². The highest BCUT2D eigenvalue weighted by atomic mass is 19.1. The van der Waals surface area contributed by atoms with Gasteiger partial charge in [0.05, 0.1) is 12.3 Å². The molecule has 0 unspecified atom stereocenters. The van der Waals surface area contributed by atoms with Crippen LogP contribution < -0.4 is 26.7 Å². The molecule has 2 aromatic carbocycles. The molecule has 11 nitrogen and oxygen atoms in total. The molecule has 1 atom stereocenters. The number of carbonyl (C=O) groups excluding carboxylic acids is 1. The Labute approximate surface area is 220 Å². The average Bonchev–Trinajstić information content (AvgIpc) is 2.90. The molecule has 4 aromatic rings. The molecule has 4 rings (SSSR count). The van der Waals surface area contributed by atoms with Crippen LogP contribution in [0.2, 0.25) is 0 Å². The summed E-state index contributed by atoms with van der Waals surface area (Å²) in [7, 11) is 0.